The van der Waals surface area contributed by atoms with E-state index in [1.54, 1.807) is 39.5 Å². The summed E-state index contributed by atoms with van der Waals surface area (Å²) in [5, 5.41) is 2.93. The Morgan fingerprint density at radius 2 is 2.32 bits per heavy atom. The summed E-state index contributed by atoms with van der Waals surface area (Å²) in [6, 6.07) is 3.83. The number of carbonyl (C=O) groups excluding carboxylic acids is 2. The maximum absolute atomic E-state index is 12.5. The lowest BCUT2D eigenvalue weighted by Gasteiger charge is -2.35. The van der Waals surface area contributed by atoms with Gasteiger partial charge in [-0.15, -0.1) is 11.3 Å². The molecule has 2 amide bonds. The zero-order chi connectivity index (χ0) is 17.6. The van der Waals surface area contributed by atoms with Gasteiger partial charge in [-0.05, 0) is 19.1 Å². The number of nitrogens with zero attached hydrogens (tertiary/aromatic N) is 3. The van der Waals surface area contributed by atoms with Gasteiger partial charge in [0.25, 0.3) is 0 Å². The van der Waals surface area contributed by atoms with Crippen LogP contribution in [-0.2, 0) is 27.4 Å². The highest BCUT2D eigenvalue weighted by molar-refractivity contribution is 7.11. The molecule has 1 fully saturated rings. The fourth-order valence-corrected chi connectivity index (χ4v) is 3.66. The molecule has 1 N–H and O–H groups in total. The van der Waals surface area contributed by atoms with Crippen LogP contribution in [0.2, 0.25) is 0 Å². The van der Waals surface area contributed by atoms with Gasteiger partial charge in [0.05, 0.1) is 32.1 Å². The minimum atomic E-state index is -0.227. The van der Waals surface area contributed by atoms with Crippen LogP contribution in [-0.4, -0.2) is 52.1 Å². The van der Waals surface area contributed by atoms with Crippen LogP contribution in [0.4, 0.5) is 0 Å². The third-order valence-corrected chi connectivity index (χ3v) is 5.10. The number of aryl methyl sites for hydroxylation is 1. The van der Waals surface area contributed by atoms with E-state index < -0.39 is 0 Å². The minimum absolute atomic E-state index is 0.0204. The molecule has 0 saturated carbocycles. The van der Waals surface area contributed by atoms with E-state index in [0.717, 1.165) is 4.88 Å². The van der Waals surface area contributed by atoms with Crippen LogP contribution >= 0.6 is 11.3 Å². The van der Waals surface area contributed by atoms with Crippen molar-refractivity contribution in [3.8, 4) is 0 Å². The summed E-state index contributed by atoms with van der Waals surface area (Å²) in [6.07, 6.45) is 5.26. The molecule has 1 saturated heterocycles. The Morgan fingerprint density at radius 1 is 1.44 bits per heavy atom. The van der Waals surface area contributed by atoms with E-state index in [2.05, 4.69) is 10.3 Å². The Labute approximate surface area is 150 Å². The van der Waals surface area contributed by atoms with E-state index >= 15 is 0 Å². The number of aromatic nitrogens is 2. The molecule has 0 aliphatic carbocycles. The predicted molar refractivity (Wildman–Crippen MR) is 94.1 cm³/mol. The predicted octanol–water partition coefficient (Wildman–Crippen LogP) is 1.19. The highest BCUT2D eigenvalue weighted by atomic mass is 32.1. The van der Waals surface area contributed by atoms with Crippen LogP contribution < -0.4 is 5.32 Å². The number of ether oxygens (including phenoxy) is 1. The Morgan fingerprint density at radius 3 is 3.04 bits per heavy atom. The molecule has 0 spiro atoms. The molecular weight excluding hydrogens is 340 g/mol. The fourth-order valence-electron chi connectivity index (χ4n) is 2.83. The molecule has 134 valence electrons. The third-order valence-electron chi connectivity index (χ3n) is 4.10. The van der Waals surface area contributed by atoms with Gasteiger partial charge in [0.1, 0.15) is 6.54 Å². The van der Waals surface area contributed by atoms with Gasteiger partial charge in [-0.3, -0.25) is 9.59 Å². The molecule has 0 unspecified atom stereocenters. The van der Waals surface area contributed by atoms with Crippen molar-refractivity contribution in [1.29, 1.82) is 0 Å². The Hall–Kier alpha value is -2.19. The second-order valence-electron chi connectivity index (χ2n) is 6.04. The number of nitrogens with one attached hydrogen (secondary N) is 1. The first-order chi connectivity index (χ1) is 12.1. The molecule has 1 atom stereocenters. The normalized spacial score (nSPS) is 17.5. The van der Waals surface area contributed by atoms with Gasteiger partial charge >= 0.3 is 0 Å². The molecule has 0 bridgehead atoms. The number of carbonyl (C=O) groups is 2. The van der Waals surface area contributed by atoms with Gasteiger partial charge in [-0.2, -0.15) is 0 Å². The molecule has 2 aromatic rings. The number of rotatable bonds is 6. The number of hydrogen-bond acceptors (Lipinski definition) is 5. The number of amides is 2. The van der Waals surface area contributed by atoms with Crippen LogP contribution in [0.15, 0.2) is 30.9 Å². The minimum Gasteiger partial charge on any atom is -0.377 e. The van der Waals surface area contributed by atoms with E-state index in [1.165, 1.54) is 4.88 Å². The maximum Gasteiger partial charge on any atom is 0.242 e. The number of thiophene rings is 1. The zero-order valence-corrected chi connectivity index (χ0v) is 15.0. The van der Waals surface area contributed by atoms with Gasteiger partial charge in [0.2, 0.25) is 11.8 Å². The van der Waals surface area contributed by atoms with E-state index in [9.17, 15) is 9.59 Å². The van der Waals surface area contributed by atoms with Gasteiger partial charge in [-0.25, -0.2) is 4.98 Å². The number of hydrogen-bond donors (Lipinski definition) is 1. The summed E-state index contributed by atoms with van der Waals surface area (Å²) < 4.78 is 7.20. The van der Waals surface area contributed by atoms with E-state index in [0.29, 0.717) is 26.3 Å². The van der Waals surface area contributed by atoms with Gasteiger partial charge < -0.3 is 19.5 Å². The first-order valence-corrected chi connectivity index (χ1v) is 9.08. The highest BCUT2D eigenvalue weighted by Crippen LogP contribution is 2.15. The van der Waals surface area contributed by atoms with Gasteiger partial charge in [0, 0.05) is 35.1 Å². The third kappa shape index (κ3) is 4.90. The van der Waals surface area contributed by atoms with Crippen molar-refractivity contribution in [2.45, 2.75) is 32.5 Å². The molecule has 25 heavy (non-hydrogen) atoms. The fraction of sp³-hybridized carbons (Fsp3) is 0.471. The molecule has 1 aliphatic rings. The standard InChI is InChI=1S/C17H22N4O3S/c1-13-2-3-15(25-13)9-19-16(22)8-14-11-24-7-6-21(14)17(23)10-20-5-4-18-12-20/h2-5,12,14H,6-11H2,1H3,(H,19,22)/t14-/m1/s1. The molecule has 7 nitrogen and oxygen atoms in total. The Kier molecular flexibility index (Phi) is 5.83. The highest BCUT2D eigenvalue weighted by Gasteiger charge is 2.29. The van der Waals surface area contributed by atoms with E-state index in [1.807, 2.05) is 19.1 Å². The Bertz CT molecular complexity index is 713. The molecule has 1 aliphatic heterocycles. The average molecular weight is 362 g/mol. The first kappa shape index (κ1) is 17.6. The second-order valence-corrected chi connectivity index (χ2v) is 7.42. The summed E-state index contributed by atoms with van der Waals surface area (Å²) in [6.45, 7) is 4.19. The number of morpholine rings is 1. The van der Waals surface area contributed by atoms with Gasteiger partial charge in [0.15, 0.2) is 0 Å². The lowest BCUT2D eigenvalue weighted by atomic mass is 10.1. The van der Waals surface area contributed by atoms with Gasteiger partial charge in [-0.1, -0.05) is 0 Å². The SMILES string of the molecule is Cc1ccc(CNC(=O)C[C@@H]2COCCN2C(=O)Cn2ccnc2)s1. The number of imidazole rings is 1. The quantitative estimate of drug-likeness (QED) is 0.837. The van der Waals surface area contributed by atoms with Crippen molar-refractivity contribution in [1.82, 2.24) is 19.8 Å². The topological polar surface area (TPSA) is 76.5 Å². The van der Waals surface area contributed by atoms with Crippen LogP contribution in [0.3, 0.4) is 0 Å². The van der Waals surface area contributed by atoms with Crippen molar-refractivity contribution >= 4 is 23.2 Å². The summed E-state index contributed by atoms with van der Waals surface area (Å²) in [5.41, 5.74) is 0. The lowest BCUT2D eigenvalue weighted by molar-refractivity contribution is -0.142. The summed E-state index contributed by atoms with van der Waals surface area (Å²) >= 11 is 1.67. The van der Waals surface area contributed by atoms with Crippen LogP contribution in [0.1, 0.15) is 16.2 Å². The summed E-state index contributed by atoms with van der Waals surface area (Å²) in [4.78, 5) is 32.8. The van der Waals surface area contributed by atoms with Crippen molar-refractivity contribution in [2.24, 2.45) is 0 Å². The lowest BCUT2D eigenvalue weighted by Crippen LogP contribution is -2.51. The zero-order valence-electron chi connectivity index (χ0n) is 14.2. The van der Waals surface area contributed by atoms with E-state index in [4.69, 9.17) is 4.74 Å². The van der Waals surface area contributed by atoms with Crippen molar-refractivity contribution in [2.75, 3.05) is 19.8 Å². The molecule has 3 heterocycles. The van der Waals surface area contributed by atoms with Crippen LogP contribution in [0.5, 0.6) is 0 Å². The van der Waals surface area contributed by atoms with Crippen molar-refractivity contribution < 1.29 is 14.3 Å². The van der Waals surface area contributed by atoms with Crippen LogP contribution in [0, 0.1) is 6.92 Å². The van der Waals surface area contributed by atoms with Crippen molar-refractivity contribution in [3.63, 3.8) is 0 Å². The molecule has 3 rings (SSSR count). The molecule has 0 aromatic carbocycles. The maximum atomic E-state index is 12.5. The molecule has 8 heteroatoms. The van der Waals surface area contributed by atoms with E-state index in [-0.39, 0.29) is 30.8 Å². The van der Waals surface area contributed by atoms with Crippen LogP contribution in [0.25, 0.3) is 0 Å². The molecule has 2 aromatic heterocycles. The summed E-state index contributed by atoms with van der Waals surface area (Å²) in [5.74, 6) is -0.0880. The summed E-state index contributed by atoms with van der Waals surface area (Å²) in [7, 11) is 0. The molecular formula is C17H22N4O3S. The van der Waals surface area contributed by atoms with Crippen molar-refractivity contribution in [3.05, 3.63) is 40.6 Å². The largest absolute Gasteiger partial charge is 0.377 e. The first-order valence-electron chi connectivity index (χ1n) is 8.27. The monoisotopic (exact) mass is 362 g/mol. The average Bonchev–Trinajstić information content (AvgIpc) is 3.25. The molecule has 0 radical (unpaired) electrons. The Balaban J connectivity index is 1.53. The second kappa shape index (κ2) is 8.26. The smallest absolute Gasteiger partial charge is 0.242 e.